The molecule has 2 aromatic rings. The molecule has 0 aliphatic carbocycles. The third-order valence-corrected chi connectivity index (χ3v) is 5.08. The molecule has 3 rings (SSSR count). The third-order valence-electron chi connectivity index (χ3n) is 4.76. The molecule has 0 bridgehead atoms. The van der Waals surface area contributed by atoms with Crippen LogP contribution in [-0.2, 0) is 11.2 Å². The smallest absolute Gasteiger partial charge is 0.223 e. The molecule has 0 radical (unpaired) electrons. The molecule has 138 valence electrons. The molecule has 2 heterocycles. The number of para-hydroxylation sites is 1. The highest BCUT2D eigenvalue weighted by Gasteiger charge is 2.22. The van der Waals surface area contributed by atoms with Crippen LogP contribution in [0.25, 0.3) is 0 Å². The van der Waals surface area contributed by atoms with E-state index in [2.05, 4.69) is 4.90 Å². The highest BCUT2D eigenvalue weighted by molar-refractivity contribution is 6.33. The lowest BCUT2D eigenvalue weighted by molar-refractivity contribution is -0.131. The topological polar surface area (TPSA) is 53.8 Å². The molecule has 0 atom stereocenters. The van der Waals surface area contributed by atoms with Gasteiger partial charge in [0.2, 0.25) is 5.91 Å². The summed E-state index contributed by atoms with van der Waals surface area (Å²) in [4.78, 5) is 28.1. The number of aryl methyl sites for hydroxylation is 2. The number of furan rings is 1. The van der Waals surface area contributed by atoms with E-state index < -0.39 is 0 Å². The fourth-order valence-electron chi connectivity index (χ4n) is 3.31. The lowest BCUT2D eigenvalue weighted by Crippen LogP contribution is -2.48. The molecule has 1 aromatic heterocycles. The van der Waals surface area contributed by atoms with Crippen molar-refractivity contribution in [2.75, 3.05) is 31.1 Å². The lowest BCUT2D eigenvalue weighted by Gasteiger charge is -2.36. The summed E-state index contributed by atoms with van der Waals surface area (Å²) in [5, 5.41) is 0.738. The first-order valence-electron chi connectivity index (χ1n) is 8.83. The van der Waals surface area contributed by atoms with Crippen LogP contribution in [0.15, 0.2) is 34.7 Å². The molecule has 0 saturated carbocycles. The lowest BCUT2D eigenvalue weighted by atomic mass is 10.1. The molecule has 1 amide bonds. The van der Waals surface area contributed by atoms with Crippen LogP contribution >= 0.6 is 11.6 Å². The van der Waals surface area contributed by atoms with Crippen LogP contribution in [0.3, 0.4) is 0 Å². The number of ketones is 1. The summed E-state index contributed by atoms with van der Waals surface area (Å²) < 4.78 is 5.59. The predicted octanol–water partition coefficient (Wildman–Crippen LogP) is 3.73. The Morgan fingerprint density at radius 1 is 1.15 bits per heavy atom. The van der Waals surface area contributed by atoms with Gasteiger partial charge in [0.05, 0.1) is 16.3 Å². The molecule has 1 aliphatic rings. The summed E-state index contributed by atoms with van der Waals surface area (Å²) in [5.41, 5.74) is 1.62. The van der Waals surface area contributed by atoms with Crippen molar-refractivity contribution in [3.8, 4) is 0 Å². The molecule has 1 aliphatic heterocycles. The number of hydrogen-bond acceptors (Lipinski definition) is 4. The number of benzene rings is 1. The van der Waals surface area contributed by atoms with Gasteiger partial charge in [-0.15, -0.1) is 0 Å². The van der Waals surface area contributed by atoms with Crippen LogP contribution in [0.2, 0.25) is 5.02 Å². The van der Waals surface area contributed by atoms with E-state index in [0.29, 0.717) is 43.0 Å². The van der Waals surface area contributed by atoms with Gasteiger partial charge in [0.25, 0.3) is 0 Å². The van der Waals surface area contributed by atoms with Crippen molar-refractivity contribution in [1.29, 1.82) is 0 Å². The molecule has 0 N–H and O–H groups in total. The Hall–Kier alpha value is -2.27. The number of anilines is 1. The largest absolute Gasteiger partial charge is 0.466 e. The first-order valence-corrected chi connectivity index (χ1v) is 9.21. The van der Waals surface area contributed by atoms with E-state index in [0.717, 1.165) is 23.8 Å². The van der Waals surface area contributed by atoms with E-state index in [-0.39, 0.29) is 11.7 Å². The first-order chi connectivity index (χ1) is 12.5. The second kappa shape index (κ2) is 7.96. The highest BCUT2D eigenvalue weighted by atomic mass is 35.5. The second-order valence-corrected chi connectivity index (χ2v) is 6.97. The van der Waals surface area contributed by atoms with Crippen LogP contribution in [0.4, 0.5) is 5.69 Å². The zero-order valence-electron chi connectivity index (χ0n) is 15.1. The van der Waals surface area contributed by atoms with Crippen molar-refractivity contribution in [1.82, 2.24) is 4.90 Å². The van der Waals surface area contributed by atoms with Crippen molar-refractivity contribution in [2.45, 2.75) is 26.7 Å². The maximum absolute atomic E-state index is 12.5. The van der Waals surface area contributed by atoms with E-state index >= 15 is 0 Å². The molecule has 6 heteroatoms. The monoisotopic (exact) mass is 374 g/mol. The van der Waals surface area contributed by atoms with Gasteiger partial charge in [0, 0.05) is 39.0 Å². The van der Waals surface area contributed by atoms with Crippen molar-refractivity contribution in [3.05, 3.63) is 52.4 Å². The van der Waals surface area contributed by atoms with E-state index in [4.69, 9.17) is 16.0 Å². The van der Waals surface area contributed by atoms with Crippen LogP contribution in [0.1, 0.15) is 35.2 Å². The number of piperazine rings is 1. The molecule has 26 heavy (non-hydrogen) atoms. The Kier molecular flexibility index (Phi) is 5.67. The predicted molar refractivity (Wildman–Crippen MR) is 102 cm³/mol. The molecular weight excluding hydrogens is 352 g/mol. The Morgan fingerprint density at radius 2 is 1.85 bits per heavy atom. The van der Waals surface area contributed by atoms with Crippen molar-refractivity contribution < 1.29 is 14.0 Å². The number of amides is 1. The summed E-state index contributed by atoms with van der Waals surface area (Å²) in [6, 6.07) is 9.53. The van der Waals surface area contributed by atoms with Crippen molar-refractivity contribution in [2.24, 2.45) is 0 Å². The summed E-state index contributed by atoms with van der Waals surface area (Å²) in [6.07, 6.45) is 0.897. The Labute approximate surface area is 158 Å². The number of hydrogen-bond donors (Lipinski definition) is 0. The Morgan fingerprint density at radius 3 is 2.46 bits per heavy atom. The summed E-state index contributed by atoms with van der Waals surface area (Å²) >= 11 is 6.25. The van der Waals surface area contributed by atoms with Gasteiger partial charge in [0.1, 0.15) is 11.5 Å². The maximum atomic E-state index is 12.5. The summed E-state index contributed by atoms with van der Waals surface area (Å²) in [7, 11) is 0. The van der Waals surface area contributed by atoms with Gasteiger partial charge in [-0.3, -0.25) is 9.59 Å². The third kappa shape index (κ3) is 4.10. The van der Waals surface area contributed by atoms with Gasteiger partial charge in [-0.05, 0) is 32.0 Å². The minimum Gasteiger partial charge on any atom is -0.466 e. The summed E-state index contributed by atoms with van der Waals surface area (Å²) in [6.45, 7) is 6.19. The normalized spacial score (nSPS) is 14.6. The molecule has 1 aromatic carbocycles. The summed E-state index contributed by atoms with van der Waals surface area (Å²) in [5.74, 6) is 1.41. The van der Waals surface area contributed by atoms with E-state index in [1.165, 1.54) is 6.92 Å². The molecular formula is C20H23ClN2O3. The quantitative estimate of drug-likeness (QED) is 0.748. The number of Topliss-reactive ketones (excluding diaryl/α,β-unsaturated/α-hetero) is 1. The Bertz CT molecular complexity index is 807. The second-order valence-electron chi connectivity index (χ2n) is 6.56. The fraction of sp³-hybridized carbons (Fsp3) is 0.400. The number of nitrogens with zero attached hydrogens (tertiary/aromatic N) is 2. The standard InChI is InChI=1S/C20H23ClN2O3/c1-14(24)17-13-16(26-15(17)2)7-8-20(25)23-11-9-22(10-12-23)19-6-4-3-5-18(19)21/h3-6,13H,7-12H2,1-2H3. The SMILES string of the molecule is CC(=O)c1cc(CCC(=O)N2CCN(c3ccccc3Cl)CC2)oc1C. The average molecular weight is 375 g/mol. The molecule has 1 fully saturated rings. The van der Waals surface area contributed by atoms with Gasteiger partial charge >= 0.3 is 0 Å². The molecule has 1 saturated heterocycles. The van der Waals surface area contributed by atoms with E-state index in [1.54, 1.807) is 13.0 Å². The van der Waals surface area contributed by atoms with Gasteiger partial charge in [-0.25, -0.2) is 0 Å². The number of carbonyl (C=O) groups excluding carboxylic acids is 2. The van der Waals surface area contributed by atoms with Gasteiger partial charge in [0.15, 0.2) is 5.78 Å². The van der Waals surface area contributed by atoms with Crippen LogP contribution in [0.5, 0.6) is 0 Å². The van der Waals surface area contributed by atoms with Crippen molar-refractivity contribution in [3.63, 3.8) is 0 Å². The van der Waals surface area contributed by atoms with Crippen LogP contribution in [-0.4, -0.2) is 42.8 Å². The number of halogens is 1. The van der Waals surface area contributed by atoms with E-state index in [9.17, 15) is 9.59 Å². The highest BCUT2D eigenvalue weighted by Crippen LogP contribution is 2.26. The molecule has 0 spiro atoms. The maximum Gasteiger partial charge on any atom is 0.223 e. The number of carbonyl (C=O) groups is 2. The number of rotatable bonds is 5. The Balaban J connectivity index is 1.52. The van der Waals surface area contributed by atoms with Crippen LogP contribution < -0.4 is 4.90 Å². The molecule has 5 nitrogen and oxygen atoms in total. The minimum atomic E-state index is -0.0143. The van der Waals surface area contributed by atoms with Crippen LogP contribution in [0, 0.1) is 6.92 Å². The zero-order chi connectivity index (χ0) is 18.7. The van der Waals surface area contributed by atoms with Gasteiger partial charge in [-0.1, -0.05) is 23.7 Å². The first kappa shape index (κ1) is 18.5. The average Bonchev–Trinajstić information content (AvgIpc) is 3.01. The minimum absolute atomic E-state index is 0.0143. The van der Waals surface area contributed by atoms with Gasteiger partial charge < -0.3 is 14.2 Å². The zero-order valence-corrected chi connectivity index (χ0v) is 15.9. The van der Waals surface area contributed by atoms with Crippen molar-refractivity contribution >= 4 is 29.0 Å². The fourth-order valence-corrected chi connectivity index (χ4v) is 3.56. The molecule has 0 unspecified atom stereocenters. The van der Waals surface area contributed by atoms with E-state index in [1.807, 2.05) is 29.2 Å². The van der Waals surface area contributed by atoms with Gasteiger partial charge in [-0.2, -0.15) is 0 Å².